The van der Waals surface area contributed by atoms with Crippen molar-refractivity contribution >= 4 is 23.6 Å². The third-order valence-electron chi connectivity index (χ3n) is 4.46. The number of nitrogens with zero attached hydrogens (tertiary/aromatic N) is 1. The van der Waals surface area contributed by atoms with Crippen LogP contribution in [0.25, 0.3) is 0 Å². The number of imide groups is 2. The minimum absolute atomic E-state index is 0.0569. The molecule has 3 aliphatic heterocycles. The first kappa shape index (κ1) is 14.8. The Morgan fingerprint density at radius 2 is 1.79 bits per heavy atom. The number of piperidine rings is 1. The Kier molecular flexibility index (Phi) is 3.34. The van der Waals surface area contributed by atoms with E-state index in [1.807, 2.05) is 0 Å². The number of hydrogen-bond acceptors (Lipinski definition) is 6. The topological polar surface area (TPSA) is 105 Å². The van der Waals surface area contributed by atoms with Crippen molar-refractivity contribution in [2.75, 3.05) is 13.1 Å². The molecule has 8 nitrogen and oxygen atoms in total. The Labute approximate surface area is 137 Å². The van der Waals surface area contributed by atoms with Gasteiger partial charge in [-0.1, -0.05) is 0 Å². The fourth-order valence-corrected chi connectivity index (χ4v) is 3.06. The Bertz CT molecular complexity index is 771. The molecule has 2 N–H and O–H groups in total. The molecule has 2 saturated heterocycles. The molecule has 2 fully saturated rings. The van der Waals surface area contributed by atoms with Crippen LogP contribution in [-0.4, -0.2) is 53.8 Å². The maximum absolute atomic E-state index is 12.6. The molecule has 1 aromatic carbocycles. The summed E-state index contributed by atoms with van der Waals surface area (Å²) in [7, 11) is 0. The van der Waals surface area contributed by atoms with E-state index in [1.54, 1.807) is 18.2 Å². The second-order valence-corrected chi connectivity index (χ2v) is 6.05. The van der Waals surface area contributed by atoms with Crippen molar-refractivity contribution in [2.24, 2.45) is 0 Å². The lowest BCUT2D eigenvalue weighted by atomic mass is 10.0. The molecule has 0 aliphatic carbocycles. The zero-order valence-electron chi connectivity index (χ0n) is 12.7. The number of nitrogens with one attached hydrogen (secondary N) is 2. The summed E-state index contributed by atoms with van der Waals surface area (Å²) in [5.74, 6) is -1.52. The summed E-state index contributed by atoms with van der Waals surface area (Å²) in [6.07, 6.45) is 0.307. The molecule has 0 spiro atoms. The minimum Gasteiger partial charge on any atom is -0.488 e. The molecule has 24 heavy (non-hydrogen) atoms. The summed E-state index contributed by atoms with van der Waals surface area (Å²) in [5, 5.41) is 5.25. The Balaban J connectivity index is 1.60. The van der Waals surface area contributed by atoms with Gasteiger partial charge >= 0.3 is 0 Å². The zero-order chi connectivity index (χ0) is 16.8. The molecular weight excluding hydrogens is 314 g/mol. The highest BCUT2D eigenvalue weighted by atomic mass is 16.5. The molecule has 124 valence electrons. The zero-order valence-corrected chi connectivity index (χ0v) is 12.7. The van der Waals surface area contributed by atoms with Crippen molar-refractivity contribution in [2.45, 2.75) is 25.0 Å². The lowest BCUT2D eigenvalue weighted by Crippen LogP contribution is -2.54. The van der Waals surface area contributed by atoms with Crippen LogP contribution in [0.1, 0.15) is 33.6 Å². The van der Waals surface area contributed by atoms with Crippen molar-refractivity contribution < 1.29 is 23.9 Å². The monoisotopic (exact) mass is 329 g/mol. The molecule has 0 radical (unpaired) electrons. The Morgan fingerprint density at radius 3 is 2.46 bits per heavy atom. The van der Waals surface area contributed by atoms with Gasteiger partial charge < -0.3 is 10.1 Å². The molecule has 3 heterocycles. The number of carbonyl (C=O) groups is 4. The minimum atomic E-state index is -0.949. The van der Waals surface area contributed by atoms with Crippen LogP contribution in [-0.2, 0) is 9.59 Å². The van der Waals surface area contributed by atoms with E-state index in [0.29, 0.717) is 5.75 Å². The number of carbonyl (C=O) groups excluding carboxylic acids is 4. The summed E-state index contributed by atoms with van der Waals surface area (Å²) >= 11 is 0. The largest absolute Gasteiger partial charge is 0.488 e. The molecule has 1 unspecified atom stereocenters. The average Bonchev–Trinajstić information content (AvgIpc) is 2.75. The summed E-state index contributed by atoms with van der Waals surface area (Å²) in [5.41, 5.74) is 0.485. The van der Waals surface area contributed by atoms with Crippen molar-refractivity contribution in [1.29, 1.82) is 0 Å². The molecule has 1 atom stereocenters. The highest BCUT2D eigenvalue weighted by Gasteiger charge is 2.44. The summed E-state index contributed by atoms with van der Waals surface area (Å²) in [4.78, 5) is 49.3. The fraction of sp³-hybridized carbons (Fsp3) is 0.375. The molecule has 0 saturated carbocycles. The van der Waals surface area contributed by atoms with Gasteiger partial charge in [0.25, 0.3) is 11.8 Å². The van der Waals surface area contributed by atoms with Gasteiger partial charge in [0, 0.05) is 19.5 Å². The predicted octanol–water partition coefficient (Wildman–Crippen LogP) is -0.562. The smallest absolute Gasteiger partial charge is 0.262 e. The van der Waals surface area contributed by atoms with Gasteiger partial charge in [-0.15, -0.1) is 0 Å². The molecule has 3 aliphatic rings. The molecular formula is C16H15N3O5. The maximum Gasteiger partial charge on any atom is 0.262 e. The van der Waals surface area contributed by atoms with Gasteiger partial charge in [0.15, 0.2) is 0 Å². The van der Waals surface area contributed by atoms with Gasteiger partial charge in [0.05, 0.1) is 11.1 Å². The van der Waals surface area contributed by atoms with Crippen LogP contribution in [0.5, 0.6) is 5.75 Å². The number of amides is 4. The van der Waals surface area contributed by atoms with Crippen LogP contribution >= 0.6 is 0 Å². The third kappa shape index (κ3) is 2.26. The van der Waals surface area contributed by atoms with E-state index in [2.05, 4.69) is 10.6 Å². The summed E-state index contributed by atoms with van der Waals surface area (Å²) < 4.78 is 5.71. The van der Waals surface area contributed by atoms with Gasteiger partial charge in [-0.3, -0.25) is 29.4 Å². The van der Waals surface area contributed by atoms with E-state index in [0.717, 1.165) is 18.0 Å². The highest BCUT2D eigenvalue weighted by Crippen LogP contribution is 2.30. The first-order valence-corrected chi connectivity index (χ1v) is 7.77. The van der Waals surface area contributed by atoms with E-state index >= 15 is 0 Å². The van der Waals surface area contributed by atoms with Gasteiger partial charge in [0.2, 0.25) is 11.8 Å². The SMILES string of the molecule is O=C1CCC(N2C(=O)c3ccc(OC4CNC4)cc3C2=O)C(=O)N1. The Hall–Kier alpha value is -2.74. The molecule has 0 aromatic heterocycles. The van der Waals surface area contributed by atoms with Crippen LogP contribution in [0.2, 0.25) is 0 Å². The number of rotatable bonds is 3. The second-order valence-electron chi connectivity index (χ2n) is 6.05. The standard InChI is InChI=1S/C16H15N3O5/c20-13-4-3-12(14(21)18-13)19-15(22)10-2-1-8(5-11(10)16(19)23)24-9-6-17-7-9/h1-2,5,9,12,17H,3-4,6-7H2,(H,18,20,21). The second kappa shape index (κ2) is 5.41. The number of ether oxygens (including phenoxy) is 1. The first-order valence-electron chi connectivity index (χ1n) is 7.77. The van der Waals surface area contributed by atoms with Crippen molar-refractivity contribution in [3.63, 3.8) is 0 Å². The van der Waals surface area contributed by atoms with E-state index in [-0.39, 0.29) is 30.1 Å². The van der Waals surface area contributed by atoms with Crippen molar-refractivity contribution in [3.8, 4) is 5.75 Å². The number of hydrogen-bond donors (Lipinski definition) is 2. The average molecular weight is 329 g/mol. The lowest BCUT2D eigenvalue weighted by molar-refractivity contribution is -0.136. The van der Waals surface area contributed by atoms with Crippen LogP contribution in [0, 0.1) is 0 Å². The van der Waals surface area contributed by atoms with Crippen LogP contribution in [0.3, 0.4) is 0 Å². The lowest BCUT2D eigenvalue weighted by Gasteiger charge is -2.28. The molecule has 4 rings (SSSR count). The van der Waals surface area contributed by atoms with E-state index < -0.39 is 29.7 Å². The molecule has 4 amide bonds. The van der Waals surface area contributed by atoms with Crippen LogP contribution in [0.15, 0.2) is 18.2 Å². The van der Waals surface area contributed by atoms with Gasteiger partial charge in [0.1, 0.15) is 17.9 Å². The predicted molar refractivity (Wildman–Crippen MR) is 80.4 cm³/mol. The highest BCUT2D eigenvalue weighted by molar-refractivity contribution is 6.23. The summed E-state index contributed by atoms with van der Waals surface area (Å²) in [6, 6.07) is 3.79. The number of benzene rings is 1. The number of fused-ring (bicyclic) bond motifs is 1. The molecule has 1 aromatic rings. The van der Waals surface area contributed by atoms with Crippen LogP contribution in [0.4, 0.5) is 0 Å². The quantitative estimate of drug-likeness (QED) is 0.720. The third-order valence-corrected chi connectivity index (χ3v) is 4.46. The van der Waals surface area contributed by atoms with Crippen molar-refractivity contribution in [3.05, 3.63) is 29.3 Å². The normalized spacial score (nSPS) is 23.8. The Morgan fingerprint density at radius 1 is 1.04 bits per heavy atom. The maximum atomic E-state index is 12.6. The first-order chi connectivity index (χ1) is 11.5. The van der Waals surface area contributed by atoms with Gasteiger partial charge in [-0.05, 0) is 24.6 Å². The van der Waals surface area contributed by atoms with E-state index in [9.17, 15) is 19.2 Å². The van der Waals surface area contributed by atoms with Gasteiger partial charge in [-0.25, -0.2) is 0 Å². The van der Waals surface area contributed by atoms with Crippen molar-refractivity contribution in [1.82, 2.24) is 15.5 Å². The van der Waals surface area contributed by atoms with Crippen LogP contribution < -0.4 is 15.4 Å². The summed E-state index contributed by atoms with van der Waals surface area (Å²) in [6.45, 7) is 1.48. The molecule has 8 heteroatoms. The van der Waals surface area contributed by atoms with E-state index in [4.69, 9.17) is 4.74 Å². The van der Waals surface area contributed by atoms with E-state index in [1.165, 1.54) is 0 Å². The fourth-order valence-electron chi connectivity index (χ4n) is 3.06. The molecule has 0 bridgehead atoms. The van der Waals surface area contributed by atoms with Gasteiger partial charge in [-0.2, -0.15) is 0 Å².